The van der Waals surface area contributed by atoms with E-state index in [2.05, 4.69) is 12.2 Å². The summed E-state index contributed by atoms with van der Waals surface area (Å²) in [7, 11) is -3.03. The first-order valence-electron chi connectivity index (χ1n) is 10.6. The Morgan fingerprint density at radius 2 is 1.54 bits per heavy atom. The Bertz CT molecular complexity index is 752. The van der Waals surface area contributed by atoms with Crippen LogP contribution in [0.15, 0.2) is 11.6 Å². The maximum absolute atomic E-state index is 12.6. The molecule has 1 unspecified atom stereocenters. The number of nitrogens with zero attached hydrogens (tertiary/aromatic N) is 1. The molecule has 0 aromatic rings. The van der Waals surface area contributed by atoms with Gasteiger partial charge in [0.15, 0.2) is 9.84 Å². The van der Waals surface area contributed by atoms with Gasteiger partial charge in [0.05, 0.1) is 11.5 Å². The first-order chi connectivity index (χ1) is 13.2. The Kier molecular flexibility index (Phi) is 5.09. The van der Waals surface area contributed by atoms with Gasteiger partial charge in [0.1, 0.15) is 6.04 Å². The van der Waals surface area contributed by atoms with Crippen LogP contribution in [-0.2, 0) is 19.4 Å². The maximum atomic E-state index is 12.6. The van der Waals surface area contributed by atoms with Crippen molar-refractivity contribution in [3.8, 4) is 0 Å². The minimum absolute atomic E-state index is 0.00440. The highest BCUT2D eigenvalue weighted by atomic mass is 32.2. The van der Waals surface area contributed by atoms with Gasteiger partial charge in [0.25, 0.3) is 0 Å². The summed E-state index contributed by atoms with van der Waals surface area (Å²) in [4.78, 5) is 26.7. The fourth-order valence-electron chi connectivity index (χ4n) is 6.47. The van der Waals surface area contributed by atoms with Crippen LogP contribution in [0.2, 0.25) is 0 Å². The maximum Gasteiger partial charge on any atom is 0.244 e. The average molecular weight is 409 g/mol. The van der Waals surface area contributed by atoms with Crippen LogP contribution in [0, 0.1) is 23.2 Å². The van der Waals surface area contributed by atoms with Gasteiger partial charge >= 0.3 is 0 Å². The molecule has 7 heteroatoms. The zero-order chi connectivity index (χ0) is 20.1. The lowest BCUT2D eigenvalue weighted by Crippen LogP contribution is -2.51. The average Bonchev–Trinajstić information content (AvgIpc) is 2.59. The molecule has 5 fully saturated rings. The molecule has 156 valence electrons. The standard InChI is InChI=1S/C21H32N2O4S/c1-14(21-11-16-8-17(12-21)10-18(9-16)13-21)7-19(24)22-15(2)20(25)23-3-5-28(26,27)6-4-23/h7,15-18H,3-6,8-13H2,1-2H3,(H,22,24)/b14-7-. The molecule has 0 aromatic carbocycles. The third-order valence-electron chi connectivity index (χ3n) is 7.61. The summed E-state index contributed by atoms with van der Waals surface area (Å²) < 4.78 is 23.1. The van der Waals surface area contributed by atoms with Gasteiger partial charge in [-0.2, -0.15) is 0 Å². The number of carbonyl (C=O) groups excluding carboxylic acids is 2. The van der Waals surface area contributed by atoms with Crippen molar-refractivity contribution in [2.75, 3.05) is 24.6 Å². The molecule has 1 N–H and O–H groups in total. The lowest BCUT2D eigenvalue weighted by molar-refractivity contribution is -0.134. The number of allylic oxidation sites excluding steroid dienone is 1. The van der Waals surface area contributed by atoms with Crippen molar-refractivity contribution in [3.63, 3.8) is 0 Å². The van der Waals surface area contributed by atoms with Gasteiger partial charge in [-0.15, -0.1) is 0 Å². The number of hydrogen-bond acceptors (Lipinski definition) is 4. The second-order valence-corrected chi connectivity index (χ2v) is 12.0. The molecular weight excluding hydrogens is 376 g/mol. The third kappa shape index (κ3) is 3.87. The predicted molar refractivity (Wildman–Crippen MR) is 107 cm³/mol. The molecular formula is C21H32N2O4S. The molecule has 4 bridgehead atoms. The minimum Gasteiger partial charge on any atom is -0.341 e. The zero-order valence-corrected chi connectivity index (χ0v) is 17.8. The number of carbonyl (C=O) groups is 2. The molecule has 4 aliphatic carbocycles. The van der Waals surface area contributed by atoms with Crippen LogP contribution in [0.1, 0.15) is 52.4 Å². The van der Waals surface area contributed by atoms with Crippen molar-refractivity contribution in [2.24, 2.45) is 23.2 Å². The Morgan fingerprint density at radius 1 is 1.04 bits per heavy atom. The summed E-state index contributed by atoms with van der Waals surface area (Å²) in [6.07, 6.45) is 9.47. The van der Waals surface area contributed by atoms with Crippen LogP contribution in [0.25, 0.3) is 0 Å². The molecule has 5 aliphatic rings. The smallest absolute Gasteiger partial charge is 0.244 e. The molecule has 6 nitrogen and oxygen atoms in total. The van der Waals surface area contributed by atoms with Crippen molar-refractivity contribution < 1.29 is 18.0 Å². The Labute approximate surface area is 168 Å². The van der Waals surface area contributed by atoms with E-state index in [1.54, 1.807) is 17.9 Å². The highest BCUT2D eigenvalue weighted by molar-refractivity contribution is 7.91. The molecule has 1 atom stereocenters. The Morgan fingerprint density at radius 3 is 2.04 bits per heavy atom. The molecule has 5 rings (SSSR count). The number of sulfone groups is 1. The Hall–Kier alpha value is -1.37. The van der Waals surface area contributed by atoms with E-state index >= 15 is 0 Å². The zero-order valence-electron chi connectivity index (χ0n) is 16.9. The second kappa shape index (κ2) is 7.15. The van der Waals surface area contributed by atoms with Crippen LogP contribution in [0.5, 0.6) is 0 Å². The number of hydrogen-bond donors (Lipinski definition) is 1. The van der Waals surface area contributed by atoms with E-state index in [9.17, 15) is 18.0 Å². The van der Waals surface area contributed by atoms with E-state index in [0.29, 0.717) is 0 Å². The quantitative estimate of drug-likeness (QED) is 0.721. The summed E-state index contributed by atoms with van der Waals surface area (Å²) in [5.41, 5.74) is 1.37. The van der Waals surface area contributed by atoms with Crippen molar-refractivity contribution in [1.82, 2.24) is 10.2 Å². The molecule has 0 spiro atoms. The van der Waals surface area contributed by atoms with Crippen LogP contribution >= 0.6 is 0 Å². The van der Waals surface area contributed by atoms with Gasteiger partial charge in [-0.05, 0) is 75.5 Å². The van der Waals surface area contributed by atoms with E-state index in [-0.39, 0.29) is 41.8 Å². The number of amides is 2. The van der Waals surface area contributed by atoms with E-state index in [0.717, 1.165) is 17.8 Å². The normalized spacial score (nSPS) is 37.6. The topological polar surface area (TPSA) is 83.6 Å². The summed E-state index contributed by atoms with van der Waals surface area (Å²) in [5.74, 6) is 2.08. The molecule has 4 saturated carbocycles. The van der Waals surface area contributed by atoms with Gasteiger partial charge in [0, 0.05) is 19.2 Å². The van der Waals surface area contributed by atoms with E-state index in [1.165, 1.54) is 44.1 Å². The summed E-state index contributed by atoms with van der Waals surface area (Å²) >= 11 is 0. The largest absolute Gasteiger partial charge is 0.341 e. The van der Waals surface area contributed by atoms with Gasteiger partial charge in [-0.3, -0.25) is 9.59 Å². The van der Waals surface area contributed by atoms with Crippen molar-refractivity contribution in [1.29, 1.82) is 0 Å². The van der Waals surface area contributed by atoms with E-state index < -0.39 is 15.9 Å². The lowest BCUT2D eigenvalue weighted by atomic mass is 9.48. The SMILES string of the molecule is C/C(=C/C(=O)NC(C)C(=O)N1CCS(=O)(=O)CC1)C12CC3CC(CC(C3)C1)C2. The number of rotatable bonds is 4. The molecule has 1 heterocycles. The fraction of sp³-hybridized carbons (Fsp3) is 0.810. The van der Waals surface area contributed by atoms with Crippen LogP contribution < -0.4 is 5.32 Å². The van der Waals surface area contributed by atoms with Gasteiger partial charge in [0.2, 0.25) is 11.8 Å². The molecule has 1 saturated heterocycles. The second-order valence-electron chi connectivity index (χ2n) is 9.73. The molecule has 28 heavy (non-hydrogen) atoms. The first kappa shape index (κ1) is 19.9. The Balaban J connectivity index is 1.36. The predicted octanol–water partition coefficient (Wildman–Crippen LogP) is 1.91. The van der Waals surface area contributed by atoms with Gasteiger partial charge in [-0.1, -0.05) is 5.57 Å². The minimum atomic E-state index is -3.03. The third-order valence-corrected chi connectivity index (χ3v) is 9.22. The van der Waals surface area contributed by atoms with Gasteiger partial charge in [-0.25, -0.2) is 8.42 Å². The van der Waals surface area contributed by atoms with Crippen molar-refractivity contribution in [3.05, 3.63) is 11.6 Å². The molecule has 1 aliphatic heterocycles. The summed E-state index contributed by atoms with van der Waals surface area (Å²) in [6, 6.07) is -0.645. The highest BCUT2D eigenvalue weighted by Gasteiger charge is 2.51. The molecule has 0 radical (unpaired) electrons. The summed E-state index contributed by atoms with van der Waals surface area (Å²) in [5, 5.41) is 2.80. The van der Waals surface area contributed by atoms with Crippen molar-refractivity contribution >= 4 is 21.7 Å². The van der Waals surface area contributed by atoms with Gasteiger partial charge < -0.3 is 10.2 Å². The van der Waals surface area contributed by atoms with Crippen LogP contribution in [0.4, 0.5) is 0 Å². The monoisotopic (exact) mass is 408 g/mol. The lowest BCUT2D eigenvalue weighted by Gasteiger charge is -2.57. The molecule has 2 amide bonds. The van der Waals surface area contributed by atoms with E-state index in [1.807, 2.05) is 0 Å². The molecule has 0 aromatic heterocycles. The fourth-order valence-corrected chi connectivity index (χ4v) is 7.67. The van der Waals surface area contributed by atoms with Crippen LogP contribution in [-0.4, -0.2) is 55.8 Å². The number of nitrogens with one attached hydrogen (secondary N) is 1. The highest BCUT2D eigenvalue weighted by Crippen LogP contribution is 2.62. The van der Waals surface area contributed by atoms with Crippen LogP contribution in [0.3, 0.4) is 0 Å². The first-order valence-corrected chi connectivity index (χ1v) is 12.5. The van der Waals surface area contributed by atoms with E-state index in [4.69, 9.17) is 0 Å². The summed E-state index contributed by atoms with van der Waals surface area (Å²) in [6.45, 7) is 4.19. The van der Waals surface area contributed by atoms with Crippen molar-refractivity contribution in [2.45, 2.75) is 58.4 Å².